The van der Waals surface area contributed by atoms with Crippen LogP contribution in [0.15, 0.2) is 0 Å². The molecule has 1 rings (SSSR count). The van der Waals surface area contributed by atoms with Gasteiger partial charge in [0, 0.05) is 6.54 Å². The molecule has 0 saturated heterocycles. The average molecular weight is 273 g/mol. The first-order valence-corrected chi connectivity index (χ1v) is 5.98. The lowest BCUT2D eigenvalue weighted by atomic mass is 10.0. The van der Waals surface area contributed by atoms with Crippen molar-refractivity contribution in [1.29, 1.82) is 0 Å². The molecule has 0 bridgehead atoms. The van der Waals surface area contributed by atoms with Gasteiger partial charge in [0.2, 0.25) is 0 Å². The highest BCUT2D eigenvalue weighted by Gasteiger charge is 2.25. The number of carbonyl (C=O) groups excluding carboxylic acids is 1. The van der Waals surface area contributed by atoms with Gasteiger partial charge in [-0.25, -0.2) is 4.98 Å². The summed E-state index contributed by atoms with van der Waals surface area (Å²) in [4.78, 5) is 26.5. The first kappa shape index (κ1) is 14.4. The molecule has 0 saturated carbocycles. The van der Waals surface area contributed by atoms with E-state index in [1.165, 1.54) is 6.92 Å². The maximum Gasteiger partial charge on any atom is 0.306 e. The van der Waals surface area contributed by atoms with E-state index < -0.39 is 23.9 Å². The number of carbonyl (C=O) groups is 2. The molecule has 1 atom stereocenters. The van der Waals surface area contributed by atoms with E-state index in [2.05, 4.69) is 10.3 Å². The Hall–Kier alpha value is -1.67. The normalized spacial score (nSPS) is 13.9. The highest BCUT2D eigenvalue weighted by Crippen LogP contribution is 2.19. The van der Waals surface area contributed by atoms with Crippen LogP contribution in [0.2, 0.25) is 0 Å². The van der Waals surface area contributed by atoms with E-state index in [4.69, 9.17) is 10.8 Å². The lowest BCUT2D eigenvalue weighted by Crippen LogP contribution is -2.42. The van der Waals surface area contributed by atoms with Gasteiger partial charge in [0.25, 0.3) is 5.91 Å². The third-order valence-corrected chi connectivity index (χ3v) is 3.17. The van der Waals surface area contributed by atoms with Gasteiger partial charge >= 0.3 is 5.97 Å². The third kappa shape index (κ3) is 3.97. The number of aryl methyl sites for hydroxylation is 1. The lowest BCUT2D eigenvalue weighted by molar-refractivity contribution is -0.141. The molecule has 8 heteroatoms. The molecule has 18 heavy (non-hydrogen) atoms. The molecule has 1 aromatic heterocycles. The number of nitrogens with one attached hydrogen (secondary N) is 1. The Balaban J connectivity index is 2.61. The summed E-state index contributed by atoms with van der Waals surface area (Å²) in [6, 6.07) is 0. The predicted octanol–water partition coefficient (Wildman–Crippen LogP) is -0.0108. The highest BCUT2D eigenvalue weighted by atomic mass is 32.1. The molecule has 1 unspecified atom stereocenters. The number of anilines is 1. The van der Waals surface area contributed by atoms with Gasteiger partial charge in [0.1, 0.15) is 4.88 Å². The molecule has 0 fully saturated rings. The molecule has 0 aromatic carbocycles. The van der Waals surface area contributed by atoms with Crippen molar-refractivity contribution in [3.63, 3.8) is 0 Å². The van der Waals surface area contributed by atoms with Crippen LogP contribution in [0.1, 0.15) is 28.7 Å². The molecule has 100 valence electrons. The Morgan fingerprint density at radius 2 is 2.17 bits per heavy atom. The zero-order chi connectivity index (χ0) is 13.9. The molecule has 5 N–H and O–H groups in total. The van der Waals surface area contributed by atoms with E-state index in [1.54, 1.807) is 6.92 Å². The van der Waals surface area contributed by atoms with Crippen molar-refractivity contribution in [3.05, 3.63) is 10.6 Å². The van der Waals surface area contributed by atoms with Crippen molar-refractivity contribution in [2.45, 2.75) is 25.9 Å². The van der Waals surface area contributed by atoms with Crippen molar-refractivity contribution in [2.24, 2.45) is 0 Å². The van der Waals surface area contributed by atoms with Gasteiger partial charge in [0.15, 0.2) is 5.13 Å². The zero-order valence-electron chi connectivity index (χ0n) is 10.1. The van der Waals surface area contributed by atoms with Crippen LogP contribution < -0.4 is 11.1 Å². The number of nitrogen functional groups attached to an aromatic ring is 1. The minimum absolute atomic E-state index is 0.157. The second kappa shape index (κ2) is 5.32. The van der Waals surface area contributed by atoms with Crippen LogP contribution in [-0.4, -0.2) is 39.2 Å². The Bertz CT molecular complexity index is 470. The van der Waals surface area contributed by atoms with Crippen LogP contribution in [0.4, 0.5) is 5.13 Å². The molecule has 0 aliphatic rings. The molecular formula is C10H15N3O4S. The van der Waals surface area contributed by atoms with E-state index >= 15 is 0 Å². The Kier molecular flexibility index (Phi) is 4.25. The average Bonchev–Trinajstić information content (AvgIpc) is 2.52. The van der Waals surface area contributed by atoms with Crippen LogP contribution in [0, 0.1) is 6.92 Å². The molecule has 1 heterocycles. The van der Waals surface area contributed by atoms with Gasteiger partial charge in [-0.3, -0.25) is 9.59 Å². The van der Waals surface area contributed by atoms with Crippen molar-refractivity contribution < 1.29 is 19.8 Å². The van der Waals surface area contributed by atoms with Gasteiger partial charge in [-0.15, -0.1) is 0 Å². The number of carboxylic acids is 1. The fourth-order valence-corrected chi connectivity index (χ4v) is 2.12. The highest BCUT2D eigenvalue weighted by molar-refractivity contribution is 7.17. The van der Waals surface area contributed by atoms with Crippen LogP contribution in [0.25, 0.3) is 0 Å². The van der Waals surface area contributed by atoms with Crippen molar-refractivity contribution in [3.8, 4) is 0 Å². The second-order valence-corrected chi connectivity index (χ2v) is 5.25. The Morgan fingerprint density at radius 1 is 1.56 bits per heavy atom. The maximum atomic E-state index is 11.8. The minimum atomic E-state index is -1.49. The van der Waals surface area contributed by atoms with Crippen LogP contribution in [0.5, 0.6) is 0 Å². The zero-order valence-corrected chi connectivity index (χ0v) is 10.9. The number of amides is 1. The van der Waals surface area contributed by atoms with Gasteiger partial charge < -0.3 is 21.3 Å². The summed E-state index contributed by atoms with van der Waals surface area (Å²) in [5.74, 6) is -1.56. The summed E-state index contributed by atoms with van der Waals surface area (Å²) in [6.07, 6.45) is -0.447. The summed E-state index contributed by atoms with van der Waals surface area (Å²) in [6.45, 7) is 2.84. The first-order chi connectivity index (χ1) is 8.21. The predicted molar refractivity (Wildman–Crippen MR) is 66.5 cm³/mol. The molecular weight excluding hydrogens is 258 g/mol. The number of hydrogen-bond acceptors (Lipinski definition) is 6. The molecule has 0 spiro atoms. The largest absolute Gasteiger partial charge is 0.481 e. The quantitative estimate of drug-likeness (QED) is 0.598. The third-order valence-electron chi connectivity index (χ3n) is 2.18. The van der Waals surface area contributed by atoms with Crippen LogP contribution in [0.3, 0.4) is 0 Å². The van der Waals surface area contributed by atoms with E-state index in [0.717, 1.165) is 11.3 Å². The lowest BCUT2D eigenvalue weighted by Gasteiger charge is -2.21. The fourth-order valence-electron chi connectivity index (χ4n) is 1.37. The van der Waals surface area contributed by atoms with Crippen molar-refractivity contribution in [2.75, 3.05) is 12.3 Å². The summed E-state index contributed by atoms with van der Waals surface area (Å²) in [5, 5.41) is 21.1. The van der Waals surface area contributed by atoms with E-state index in [1.807, 2.05) is 0 Å². The SMILES string of the molecule is Cc1nc(N)sc1C(=O)NCC(C)(O)CC(=O)O. The van der Waals surface area contributed by atoms with Gasteiger partial charge in [-0.2, -0.15) is 0 Å². The number of carboxylic acid groups (broad SMARTS) is 1. The fraction of sp³-hybridized carbons (Fsp3) is 0.500. The maximum absolute atomic E-state index is 11.8. The number of nitrogens with two attached hydrogens (primary N) is 1. The van der Waals surface area contributed by atoms with Gasteiger partial charge in [-0.1, -0.05) is 11.3 Å². The van der Waals surface area contributed by atoms with Gasteiger partial charge in [0.05, 0.1) is 17.7 Å². The minimum Gasteiger partial charge on any atom is -0.481 e. The topological polar surface area (TPSA) is 126 Å². The first-order valence-electron chi connectivity index (χ1n) is 5.16. The Morgan fingerprint density at radius 3 is 2.61 bits per heavy atom. The number of aliphatic carboxylic acids is 1. The monoisotopic (exact) mass is 273 g/mol. The summed E-state index contributed by atoms with van der Waals surface area (Å²) < 4.78 is 0. The molecule has 7 nitrogen and oxygen atoms in total. The van der Waals surface area contributed by atoms with Crippen LogP contribution >= 0.6 is 11.3 Å². The molecule has 0 radical (unpaired) electrons. The number of aromatic nitrogens is 1. The number of hydrogen-bond donors (Lipinski definition) is 4. The Labute approximate surface area is 108 Å². The van der Waals surface area contributed by atoms with Crippen molar-refractivity contribution in [1.82, 2.24) is 10.3 Å². The van der Waals surface area contributed by atoms with Crippen molar-refractivity contribution >= 4 is 28.3 Å². The van der Waals surface area contributed by atoms with E-state index in [9.17, 15) is 14.7 Å². The molecule has 1 amide bonds. The number of aliphatic hydroxyl groups is 1. The number of rotatable bonds is 5. The number of nitrogens with zero attached hydrogens (tertiary/aromatic N) is 1. The molecule has 0 aliphatic carbocycles. The van der Waals surface area contributed by atoms with E-state index in [-0.39, 0.29) is 11.7 Å². The standard InChI is InChI=1S/C10H15N3O4S/c1-5-7(18-9(11)13-5)8(16)12-4-10(2,17)3-6(14)15/h17H,3-4H2,1-2H3,(H2,11,13)(H,12,16)(H,14,15). The molecule has 1 aromatic rings. The number of thiazole rings is 1. The van der Waals surface area contributed by atoms with E-state index in [0.29, 0.717) is 10.6 Å². The second-order valence-electron chi connectivity index (χ2n) is 4.22. The summed E-state index contributed by atoms with van der Waals surface area (Å²) in [5.41, 5.74) is 4.48. The summed E-state index contributed by atoms with van der Waals surface area (Å²) in [7, 11) is 0. The molecule has 0 aliphatic heterocycles. The van der Waals surface area contributed by atoms with Crippen LogP contribution in [-0.2, 0) is 4.79 Å². The summed E-state index contributed by atoms with van der Waals surface area (Å²) >= 11 is 1.04. The van der Waals surface area contributed by atoms with Gasteiger partial charge in [-0.05, 0) is 13.8 Å². The smallest absolute Gasteiger partial charge is 0.306 e.